The van der Waals surface area contributed by atoms with E-state index < -0.39 is 0 Å². The number of ketones is 1. The van der Waals surface area contributed by atoms with Gasteiger partial charge < -0.3 is 19.7 Å². The molecule has 0 aliphatic carbocycles. The molecule has 6 heteroatoms. The summed E-state index contributed by atoms with van der Waals surface area (Å²) in [6.07, 6.45) is 0.901. The molecule has 1 heterocycles. The lowest BCUT2D eigenvalue weighted by Gasteiger charge is -2.26. The highest BCUT2D eigenvalue weighted by Crippen LogP contribution is 2.32. The van der Waals surface area contributed by atoms with Gasteiger partial charge in [0.1, 0.15) is 6.54 Å². The van der Waals surface area contributed by atoms with Crippen molar-refractivity contribution in [3.05, 3.63) is 53.1 Å². The minimum absolute atomic E-state index is 0.0122. The van der Waals surface area contributed by atoms with Gasteiger partial charge in [0.15, 0.2) is 23.8 Å². The molecule has 3 rings (SSSR count). The van der Waals surface area contributed by atoms with E-state index in [9.17, 15) is 9.59 Å². The van der Waals surface area contributed by atoms with Crippen molar-refractivity contribution in [1.82, 2.24) is 0 Å². The molecule has 1 atom stereocenters. The molecular formula is C23H29N2O4+. The van der Waals surface area contributed by atoms with Gasteiger partial charge in [-0.1, -0.05) is 0 Å². The lowest BCUT2D eigenvalue weighted by molar-refractivity contribution is -0.907. The van der Waals surface area contributed by atoms with Crippen LogP contribution in [0.5, 0.6) is 11.5 Å². The molecule has 0 saturated heterocycles. The summed E-state index contributed by atoms with van der Waals surface area (Å²) in [5.74, 6) is 1.54. The summed E-state index contributed by atoms with van der Waals surface area (Å²) >= 11 is 0. The third-order valence-corrected chi connectivity index (χ3v) is 5.04. The topological polar surface area (TPSA) is 69.1 Å². The number of benzene rings is 2. The average Bonchev–Trinajstić information content (AvgIpc) is 2.69. The Morgan fingerprint density at radius 3 is 2.21 bits per heavy atom. The third-order valence-electron chi connectivity index (χ3n) is 5.04. The van der Waals surface area contributed by atoms with Gasteiger partial charge in [0.05, 0.1) is 19.8 Å². The lowest BCUT2D eigenvalue weighted by Crippen LogP contribution is -3.12. The fraction of sp³-hybridized carbons (Fsp3) is 0.391. The number of carbonyl (C=O) groups excluding carboxylic acids is 2. The van der Waals surface area contributed by atoms with Crippen molar-refractivity contribution in [2.24, 2.45) is 0 Å². The summed E-state index contributed by atoms with van der Waals surface area (Å²) in [6, 6.07) is 11.1. The van der Waals surface area contributed by atoms with Crippen LogP contribution in [0.3, 0.4) is 0 Å². The van der Waals surface area contributed by atoms with Crippen molar-refractivity contribution in [1.29, 1.82) is 0 Å². The van der Waals surface area contributed by atoms with Crippen molar-refractivity contribution < 1.29 is 24.0 Å². The maximum absolute atomic E-state index is 12.5. The molecule has 0 fully saturated rings. The number of carbonyl (C=O) groups is 2. The second-order valence-electron chi connectivity index (χ2n) is 7.22. The molecule has 0 bridgehead atoms. The van der Waals surface area contributed by atoms with Crippen LogP contribution in [-0.2, 0) is 17.8 Å². The number of nitrogens with one attached hydrogen (secondary N) is 2. The van der Waals surface area contributed by atoms with E-state index in [2.05, 4.69) is 17.4 Å². The molecule has 1 aliphatic heterocycles. The molecule has 0 spiro atoms. The van der Waals surface area contributed by atoms with Crippen LogP contribution < -0.4 is 19.7 Å². The Balaban J connectivity index is 1.63. The fourth-order valence-electron chi connectivity index (χ4n) is 3.62. The largest absolute Gasteiger partial charge is 0.490 e. The number of ether oxygens (including phenoxy) is 2. The van der Waals surface area contributed by atoms with Gasteiger partial charge in [0, 0.05) is 23.2 Å². The van der Waals surface area contributed by atoms with Crippen LogP contribution in [0.15, 0.2) is 36.4 Å². The molecule has 6 nitrogen and oxygen atoms in total. The van der Waals surface area contributed by atoms with E-state index in [1.54, 1.807) is 24.3 Å². The van der Waals surface area contributed by atoms with Gasteiger partial charge in [-0.3, -0.25) is 9.59 Å². The third kappa shape index (κ3) is 5.35. The van der Waals surface area contributed by atoms with Gasteiger partial charge in [-0.2, -0.15) is 0 Å². The number of quaternary nitrogens is 1. The zero-order valence-corrected chi connectivity index (χ0v) is 17.3. The SMILES string of the molecule is CCOc1cc2c(cc1OCC)C[NH+](CC(=O)Nc1ccc(C(C)=O)cc1)CC2. The van der Waals surface area contributed by atoms with Crippen molar-refractivity contribution in [2.45, 2.75) is 33.7 Å². The molecule has 2 N–H and O–H groups in total. The van der Waals surface area contributed by atoms with Crippen LogP contribution in [0.2, 0.25) is 0 Å². The predicted molar refractivity (Wildman–Crippen MR) is 112 cm³/mol. The second kappa shape index (κ2) is 9.56. The van der Waals surface area contributed by atoms with Crippen molar-refractivity contribution >= 4 is 17.4 Å². The summed E-state index contributed by atoms with van der Waals surface area (Å²) in [6.45, 7) is 8.70. The van der Waals surface area contributed by atoms with Crippen LogP contribution in [0.4, 0.5) is 5.69 Å². The summed E-state index contributed by atoms with van der Waals surface area (Å²) < 4.78 is 11.5. The summed E-state index contributed by atoms with van der Waals surface area (Å²) in [4.78, 5) is 25.0. The second-order valence-corrected chi connectivity index (χ2v) is 7.22. The first kappa shape index (κ1) is 20.9. The molecular weight excluding hydrogens is 368 g/mol. The van der Waals surface area contributed by atoms with Crippen molar-refractivity contribution in [2.75, 3.05) is 31.6 Å². The highest BCUT2D eigenvalue weighted by molar-refractivity contribution is 5.95. The van der Waals surface area contributed by atoms with Crippen LogP contribution in [-0.4, -0.2) is 38.0 Å². The number of hydrogen-bond acceptors (Lipinski definition) is 4. The molecule has 0 saturated carbocycles. The number of Topliss-reactive ketones (excluding diaryl/α,β-unsaturated/α-hetero) is 1. The van der Waals surface area contributed by atoms with E-state index in [0.29, 0.717) is 31.0 Å². The molecule has 1 amide bonds. The minimum Gasteiger partial charge on any atom is -0.490 e. The molecule has 2 aromatic rings. The van der Waals surface area contributed by atoms with Gasteiger partial charge in [-0.15, -0.1) is 0 Å². The highest BCUT2D eigenvalue weighted by atomic mass is 16.5. The molecule has 0 radical (unpaired) electrons. The van der Waals surface area contributed by atoms with Crippen LogP contribution in [0.1, 0.15) is 42.3 Å². The number of amides is 1. The Labute approximate surface area is 171 Å². The van der Waals surface area contributed by atoms with E-state index >= 15 is 0 Å². The van der Waals surface area contributed by atoms with Gasteiger partial charge in [0.2, 0.25) is 0 Å². The van der Waals surface area contributed by atoms with E-state index in [-0.39, 0.29) is 11.7 Å². The summed E-state index contributed by atoms with van der Waals surface area (Å²) in [5.41, 5.74) is 3.81. The van der Waals surface area contributed by atoms with E-state index in [1.165, 1.54) is 23.0 Å². The standard InChI is InChI=1S/C23H28N2O4/c1-4-28-21-12-18-10-11-25(14-19(18)13-22(21)29-5-2)15-23(27)24-20-8-6-17(7-9-20)16(3)26/h6-9,12-13H,4-5,10-11,14-15H2,1-3H3,(H,24,27)/p+1. The molecule has 29 heavy (non-hydrogen) atoms. The molecule has 1 unspecified atom stereocenters. The van der Waals surface area contributed by atoms with Crippen LogP contribution in [0, 0.1) is 0 Å². The number of rotatable bonds is 8. The predicted octanol–water partition coefficient (Wildman–Crippen LogP) is 2.27. The maximum atomic E-state index is 12.5. The maximum Gasteiger partial charge on any atom is 0.279 e. The van der Waals surface area contributed by atoms with Crippen LogP contribution in [0.25, 0.3) is 0 Å². The first-order valence-corrected chi connectivity index (χ1v) is 10.2. The van der Waals surface area contributed by atoms with Gasteiger partial charge >= 0.3 is 0 Å². The van der Waals surface area contributed by atoms with E-state index in [0.717, 1.165) is 31.0 Å². The molecule has 154 valence electrons. The first-order valence-electron chi connectivity index (χ1n) is 10.2. The Morgan fingerprint density at radius 1 is 1.00 bits per heavy atom. The Morgan fingerprint density at radius 2 is 1.62 bits per heavy atom. The number of hydrogen-bond donors (Lipinski definition) is 2. The van der Waals surface area contributed by atoms with Crippen molar-refractivity contribution in [3.63, 3.8) is 0 Å². The van der Waals surface area contributed by atoms with Crippen molar-refractivity contribution in [3.8, 4) is 11.5 Å². The molecule has 1 aliphatic rings. The zero-order valence-electron chi connectivity index (χ0n) is 17.3. The normalized spacial score (nSPS) is 15.3. The molecule has 2 aromatic carbocycles. The summed E-state index contributed by atoms with van der Waals surface area (Å²) in [5, 5.41) is 2.92. The smallest absolute Gasteiger partial charge is 0.279 e. The monoisotopic (exact) mass is 397 g/mol. The van der Waals surface area contributed by atoms with Gasteiger partial charge in [0.25, 0.3) is 5.91 Å². The fourth-order valence-corrected chi connectivity index (χ4v) is 3.62. The number of fused-ring (bicyclic) bond motifs is 1. The zero-order chi connectivity index (χ0) is 20.8. The quantitative estimate of drug-likeness (QED) is 0.671. The molecule has 0 aromatic heterocycles. The Bertz CT molecular complexity index is 877. The van der Waals surface area contributed by atoms with E-state index in [4.69, 9.17) is 9.47 Å². The summed E-state index contributed by atoms with van der Waals surface area (Å²) in [7, 11) is 0. The minimum atomic E-state index is -0.0324. The average molecular weight is 397 g/mol. The Kier molecular flexibility index (Phi) is 6.88. The van der Waals surface area contributed by atoms with Crippen LogP contribution >= 0.6 is 0 Å². The Hall–Kier alpha value is -2.86. The van der Waals surface area contributed by atoms with E-state index in [1.807, 2.05) is 13.8 Å². The number of anilines is 1. The van der Waals surface area contributed by atoms with Gasteiger partial charge in [-0.05, 0) is 62.7 Å². The lowest BCUT2D eigenvalue weighted by atomic mass is 9.98. The highest BCUT2D eigenvalue weighted by Gasteiger charge is 2.24. The first-order chi connectivity index (χ1) is 14.0. The van der Waals surface area contributed by atoms with Gasteiger partial charge in [-0.25, -0.2) is 0 Å².